The zero-order valence-corrected chi connectivity index (χ0v) is 15.0. The van der Waals surface area contributed by atoms with E-state index in [0.29, 0.717) is 25.1 Å². The Kier molecular flexibility index (Phi) is 5.66. The van der Waals surface area contributed by atoms with Gasteiger partial charge in [0.15, 0.2) is 0 Å². The first-order valence-electron chi connectivity index (χ1n) is 9.02. The van der Waals surface area contributed by atoms with Gasteiger partial charge < -0.3 is 9.80 Å². The highest BCUT2D eigenvalue weighted by Crippen LogP contribution is 2.22. The van der Waals surface area contributed by atoms with Crippen LogP contribution in [0, 0.1) is 5.82 Å². The van der Waals surface area contributed by atoms with E-state index in [-0.39, 0.29) is 17.6 Å². The number of carbonyl (C=O) groups excluding carboxylic acids is 2. The van der Waals surface area contributed by atoms with Gasteiger partial charge in [0.1, 0.15) is 5.82 Å². The van der Waals surface area contributed by atoms with Gasteiger partial charge in [0.2, 0.25) is 5.91 Å². The van der Waals surface area contributed by atoms with Gasteiger partial charge in [0.05, 0.1) is 0 Å². The van der Waals surface area contributed by atoms with Crippen LogP contribution in [0.1, 0.15) is 42.1 Å². The van der Waals surface area contributed by atoms with Gasteiger partial charge in [-0.25, -0.2) is 4.39 Å². The molecule has 0 aliphatic carbocycles. The largest absolute Gasteiger partial charge is 0.335 e. The Balaban J connectivity index is 1.72. The van der Waals surface area contributed by atoms with E-state index in [1.165, 1.54) is 12.1 Å². The number of hydrogen-bond donors (Lipinski definition) is 0. The van der Waals surface area contributed by atoms with Gasteiger partial charge in [-0.05, 0) is 61.7 Å². The van der Waals surface area contributed by atoms with Crippen molar-refractivity contribution in [1.82, 2.24) is 4.90 Å². The smallest absolute Gasteiger partial charge is 0.254 e. The first kappa shape index (κ1) is 18.1. The van der Waals surface area contributed by atoms with Crippen molar-refractivity contribution in [3.63, 3.8) is 0 Å². The molecule has 0 atom stereocenters. The van der Waals surface area contributed by atoms with E-state index in [4.69, 9.17) is 0 Å². The molecule has 0 N–H and O–H groups in total. The predicted octanol–water partition coefficient (Wildman–Crippen LogP) is 4.00. The summed E-state index contributed by atoms with van der Waals surface area (Å²) < 4.78 is 13.4. The van der Waals surface area contributed by atoms with Gasteiger partial charge in [-0.15, -0.1) is 0 Å². The topological polar surface area (TPSA) is 40.6 Å². The molecule has 26 heavy (non-hydrogen) atoms. The van der Waals surface area contributed by atoms with Crippen molar-refractivity contribution in [3.05, 3.63) is 65.5 Å². The minimum absolute atomic E-state index is 0.103. The van der Waals surface area contributed by atoms with Crippen LogP contribution in [0.25, 0.3) is 0 Å². The average molecular weight is 354 g/mol. The molecule has 2 amide bonds. The molecule has 5 heteroatoms. The molecular weight excluding hydrogens is 331 g/mol. The quantitative estimate of drug-likeness (QED) is 0.814. The van der Waals surface area contributed by atoms with Crippen molar-refractivity contribution in [3.8, 4) is 0 Å². The summed E-state index contributed by atoms with van der Waals surface area (Å²) in [5.41, 5.74) is 2.16. The fourth-order valence-corrected chi connectivity index (χ4v) is 3.23. The SMILES string of the molecule is CCN(Cc1cccc(F)c1)C(=O)c1ccc(N2CCCCC2=O)cc1. The Labute approximate surface area is 153 Å². The van der Waals surface area contributed by atoms with Crippen LogP contribution in [-0.4, -0.2) is 29.8 Å². The van der Waals surface area contributed by atoms with Crippen LogP contribution in [0.3, 0.4) is 0 Å². The number of hydrogen-bond acceptors (Lipinski definition) is 2. The Bertz CT molecular complexity index is 789. The minimum Gasteiger partial charge on any atom is -0.335 e. The number of rotatable bonds is 5. The van der Waals surface area contributed by atoms with E-state index < -0.39 is 0 Å². The molecule has 136 valence electrons. The lowest BCUT2D eigenvalue weighted by Crippen LogP contribution is -2.35. The lowest BCUT2D eigenvalue weighted by atomic mass is 10.1. The number of anilines is 1. The summed E-state index contributed by atoms with van der Waals surface area (Å²) in [6.07, 6.45) is 2.53. The molecular formula is C21H23FN2O2. The standard InChI is InChI=1S/C21H23FN2O2/c1-2-23(15-16-6-5-7-18(22)14-16)21(26)17-9-11-19(12-10-17)24-13-4-3-8-20(24)25/h5-7,9-12,14H,2-4,8,13,15H2,1H3. The highest BCUT2D eigenvalue weighted by molar-refractivity contribution is 5.97. The summed E-state index contributed by atoms with van der Waals surface area (Å²) in [4.78, 5) is 28.2. The van der Waals surface area contributed by atoms with Gasteiger partial charge in [0.25, 0.3) is 5.91 Å². The molecule has 2 aromatic rings. The second-order valence-corrected chi connectivity index (χ2v) is 6.50. The van der Waals surface area contributed by atoms with Gasteiger partial charge in [-0.2, -0.15) is 0 Å². The molecule has 0 saturated carbocycles. The van der Waals surface area contributed by atoms with Crippen LogP contribution in [-0.2, 0) is 11.3 Å². The second kappa shape index (κ2) is 8.13. The summed E-state index contributed by atoms with van der Waals surface area (Å²) in [6.45, 7) is 3.52. The maximum atomic E-state index is 13.4. The Morgan fingerprint density at radius 1 is 1.15 bits per heavy atom. The van der Waals surface area contributed by atoms with Crippen LogP contribution < -0.4 is 4.90 Å². The van der Waals surface area contributed by atoms with Crippen molar-refractivity contribution in [2.45, 2.75) is 32.7 Å². The zero-order chi connectivity index (χ0) is 18.5. The molecule has 1 fully saturated rings. The average Bonchev–Trinajstić information content (AvgIpc) is 2.66. The maximum Gasteiger partial charge on any atom is 0.254 e. The summed E-state index contributed by atoms with van der Waals surface area (Å²) >= 11 is 0. The number of amides is 2. The molecule has 0 unspecified atom stereocenters. The molecule has 0 spiro atoms. The first-order valence-corrected chi connectivity index (χ1v) is 9.02. The first-order chi connectivity index (χ1) is 12.6. The third-order valence-corrected chi connectivity index (χ3v) is 4.68. The van der Waals surface area contributed by atoms with Crippen molar-refractivity contribution in [2.24, 2.45) is 0 Å². The van der Waals surface area contributed by atoms with Crippen molar-refractivity contribution in [1.29, 1.82) is 0 Å². The maximum absolute atomic E-state index is 13.4. The Hall–Kier alpha value is -2.69. The highest BCUT2D eigenvalue weighted by Gasteiger charge is 2.20. The van der Waals surface area contributed by atoms with E-state index in [9.17, 15) is 14.0 Å². The normalized spacial score (nSPS) is 14.4. The van der Waals surface area contributed by atoms with Crippen LogP contribution in [0.2, 0.25) is 0 Å². The van der Waals surface area contributed by atoms with Crippen LogP contribution >= 0.6 is 0 Å². The molecule has 1 aliphatic rings. The fourth-order valence-electron chi connectivity index (χ4n) is 3.23. The van der Waals surface area contributed by atoms with Gasteiger partial charge in [0, 0.05) is 37.3 Å². The molecule has 0 radical (unpaired) electrons. The van der Waals surface area contributed by atoms with Gasteiger partial charge in [-0.3, -0.25) is 9.59 Å². The number of carbonyl (C=O) groups is 2. The van der Waals surface area contributed by atoms with E-state index in [0.717, 1.165) is 30.6 Å². The highest BCUT2D eigenvalue weighted by atomic mass is 19.1. The van der Waals surface area contributed by atoms with Gasteiger partial charge in [-0.1, -0.05) is 12.1 Å². The lowest BCUT2D eigenvalue weighted by Gasteiger charge is -2.27. The molecule has 1 saturated heterocycles. The summed E-state index contributed by atoms with van der Waals surface area (Å²) in [6, 6.07) is 13.5. The Morgan fingerprint density at radius 3 is 2.58 bits per heavy atom. The fraction of sp³-hybridized carbons (Fsp3) is 0.333. The van der Waals surface area contributed by atoms with Crippen LogP contribution in [0.15, 0.2) is 48.5 Å². The second-order valence-electron chi connectivity index (χ2n) is 6.50. The summed E-state index contributed by atoms with van der Waals surface area (Å²) in [5.74, 6) is -0.272. The minimum atomic E-state index is -0.304. The summed E-state index contributed by atoms with van der Waals surface area (Å²) in [7, 11) is 0. The number of nitrogens with zero attached hydrogens (tertiary/aromatic N) is 2. The molecule has 1 aliphatic heterocycles. The molecule has 1 heterocycles. The van der Waals surface area contributed by atoms with Crippen LogP contribution in [0.5, 0.6) is 0 Å². The van der Waals surface area contributed by atoms with E-state index in [1.54, 1.807) is 28.0 Å². The van der Waals surface area contributed by atoms with Crippen LogP contribution in [0.4, 0.5) is 10.1 Å². The van der Waals surface area contributed by atoms with E-state index in [2.05, 4.69) is 0 Å². The van der Waals surface area contributed by atoms with Crippen molar-refractivity contribution in [2.75, 3.05) is 18.0 Å². The number of benzene rings is 2. The van der Waals surface area contributed by atoms with E-state index >= 15 is 0 Å². The molecule has 2 aromatic carbocycles. The predicted molar refractivity (Wildman–Crippen MR) is 99.5 cm³/mol. The molecule has 3 rings (SSSR count). The molecule has 0 aromatic heterocycles. The lowest BCUT2D eigenvalue weighted by molar-refractivity contribution is -0.119. The third kappa shape index (κ3) is 4.10. The van der Waals surface area contributed by atoms with Gasteiger partial charge >= 0.3 is 0 Å². The van der Waals surface area contributed by atoms with E-state index in [1.807, 2.05) is 25.1 Å². The summed E-state index contributed by atoms with van der Waals surface area (Å²) in [5, 5.41) is 0. The Morgan fingerprint density at radius 2 is 1.92 bits per heavy atom. The van der Waals surface area contributed by atoms with Crippen molar-refractivity contribution >= 4 is 17.5 Å². The number of piperidine rings is 1. The monoisotopic (exact) mass is 354 g/mol. The molecule has 0 bridgehead atoms. The third-order valence-electron chi connectivity index (χ3n) is 4.68. The van der Waals surface area contributed by atoms with Crippen molar-refractivity contribution < 1.29 is 14.0 Å². The molecule has 4 nitrogen and oxygen atoms in total. The zero-order valence-electron chi connectivity index (χ0n) is 15.0. The number of halogens is 1.